The molecule has 3 nitrogen and oxygen atoms in total. The van der Waals surface area contributed by atoms with Crippen molar-refractivity contribution in [3.05, 3.63) is 29.8 Å². The molecule has 1 unspecified atom stereocenters. The second kappa shape index (κ2) is 4.26. The maximum absolute atomic E-state index is 11.7. The molecule has 0 spiro atoms. The van der Waals surface area contributed by atoms with Gasteiger partial charge in [-0.1, -0.05) is 19.1 Å². The van der Waals surface area contributed by atoms with Crippen molar-refractivity contribution in [3.63, 3.8) is 0 Å². The van der Waals surface area contributed by atoms with E-state index in [-0.39, 0.29) is 5.92 Å². The van der Waals surface area contributed by atoms with Crippen molar-refractivity contribution in [1.29, 1.82) is 0 Å². The lowest BCUT2D eigenvalue weighted by atomic mass is 10.1. The van der Waals surface area contributed by atoms with Gasteiger partial charge in [0, 0.05) is 12.4 Å². The van der Waals surface area contributed by atoms with E-state index in [0.717, 1.165) is 0 Å². The van der Waals surface area contributed by atoms with Crippen LogP contribution in [0, 0.1) is 5.92 Å². The SMILES string of the molecule is CC(CCl)CN1C(=O)C(=O)c2ccccc21. The predicted molar refractivity (Wildman–Crippen MR) is 63.0 cm³/mol. The topological polar surface area (TPSA) is 37.4 Å². The Hall–Kier alpha value is -1.35. The third-order valence-electron chi connectivity index (χ3n) is 2.64. The first-order valence-electron chi connectivity index (χ1n) is 5.16. The molecule has 0 aliphatic carbocycles. The van der Waals surface area contributed by atoms with Gasteiger partial charge < -0.3 is 4.90 Å². The minimum atomic E-state index is -0.446. The fourth-order valence-electron chi connectivity index (χ4n) is 1.79. The van der Waals surface area contributed by atoms with E-state index in [1.807, 2.05) is 13.0 Å². The number of hydrogen-bond acceptors (Lipinski definition) is 2. The fourth-order valence-corrected chi connectivity index (χ4v) is 1.89. The number of hydrogen-bond donors (Lipinski definition) is 0. The summed E-state index contributed by atoms with van der Waals surface area (Å²) in [5, 5.41) is 0. The van der Waals surface area contributed by atoms with Crippen LogP contribution in [0.15, 0.2) is 24.3 Å². The molecule has 84 valence electrons. The Morgan fingerprint density at radius 1 is 1.31 bits per heavy atom. The van der Waals surface area contributed by atoms with Crippen LogP contribution in [0.4, 0.5) is 5.69 Å². The molecule has 0 radical (unpaired) electrons. The molecule has 1 aromatic rings. The van der Waals surface area contributed by atoms with Crippen molar-refractivity contribution in [2.75, 3.05) is 17.3 Å². The standard InChI is InChI=1S/C12H12ClNO2/c1-8(6-13)7-14-10-5-3-2-4-9(10)11(15)12(14)16/h2-5,8H,6-7H2,1H3. The first kappa shape index (κ1) is 11.1. The lowest BCUT2D eigenvalue weighted by Gasteiger charge is -2.19. The molecule has 1 aliphatic heterocycles. The average Bonchev–Trinajstić information content (AvgIpc) is 2.55. The largest absolute Gasteiger partial charge is 0.304 e. The van der Waals surface area contributed by atoms with Crippen LogP contribution >= 0.6 is 11.6 Å². The normalized spacial score (nSPS) is 16.5. The molecule has 0 fully saturated rings. The lowest BCUT2D eigenvalue weighted by Crippen LogP contribution is -2.34. The minimum absolute atomic E-state index is 0.171. The van der Waals surface area contributed by atoms with Crippen molar-refractivity contribution in [2.45, 2.75) is 6.92 Å². The third kappa shape index (κ3) is 1.71. The number of para-hydroxylation sites is 1. The lowest BCUT2D eigenvalue weighted by molar-refractivity contribution is -0.114. The van der Waals surface area contributed by atoms with Crippen molar-refractivity contribution < 1.29 is 9.59 Å². The van der Waals surface area contributed by atoms with Crippen LogP contribution in [0.5, 0.6) is 0 Å². The monoisotopic (exact) mass is 237 g/mol. The summed E-state index contributed by atoms with van der Waals surface area (Å²) in [6, 6.07) is 7.06. The molecule has 0 bridgehead atoms. The summed E-state index contributed by atoms with van der Waals surface area (Å²) in [5.74, 6) is -0.222. The summed E-state index contributed by atoms with van der Waals surface area (Å²) in [5.41, 5.74) is 1.20. The van der Waals surface area contributed by atoms with Crippen molar-refractivity contribution in [3.8, 4) is 0 Å². The maximum atomic E-state index is 11.7. The van der Waals surface area contributed by atoms with E-state index in [2.05, 4.69) is 0 Å². The van der Waals surface area contributed by atoms with E-state index >= 15 is 0 Å². The fraction of sp³-hybridized carbons (Fsp3) is 0.333. The number of rotatable bonds is 3. The summed E-state index contributed by atoms with van der Waals surface area (Å²) in [4.78, 5) is 24.9. The second-order valence-corrected chi connectivity index (χ2v) is 4.33. The van der Waals surface area contributed by atoms with Gasteiger partial charge >= 0.3 is 0 Å². The number of Topliss-reactive ketones (excluding diaryl/α,β-unsaturated/α-hetero) is 1. The van der Waals surface area contributed by atoms with E-state index in [0.29, 0.717) is 23.7 Å². The zero-order valence-electron chi connectivity index (χ0n) is 8.94. The van der Waals surface area contributed by atoms with E-state index in [1.54, 1.807) is 18.2 Å². The Morgan fingerprint density at radius 3 is 2.69 bits per heavy atom. The van der Waals surface area contributed by atoms with Gasteiger partial charge in [0.15, 0.2) is 0 Å². The maximum Gasteiger partial charge on any atom is 0.299 e. The number of carbonyl (C=O) groups excluding carboxylic acids is 2. The highest BCUT2D eigenvalue weighted by Gasteiger charge is 2.35. The van der Waals surface area contributed by atoms with E-state index in [9.17, 15) is 9.59 Å². The van der Waals surface area contributed by atoms with Crippen LogP contribution in [0.25, 0.3) is 0 Å². The summed E-state index contributed by atoms with van der Waals surface area (Å²) < 4.78 is 0. The first-order chi connectivity index (χ1) is 7.65. The van der Waals surface area contributed by atoms with Gasteiger partial charge in [-0.25, -0.2) is 0 Å². The molecule has 0 saturated carbocycles. The molecule has 0 aromatic heterocycles. The number of halogens is 1. The van der Waals surface area contributed by atoms with Crippen molar-refractivity contribution >= 4 is 29.0 Å². The van der Waals surface area contributed by atoms with Gasteiger partial charge in [-0.3, -0.25) is 9.59 Å². The molecule has 1 amide bonds. The Balaban J connectivity index is 2.34. The van der Waals surface area contributed by atoms with Crippen molar-refractivity contribution in [2.24, 2.45) is 5.92 Å². The number of amides is 1. The van der Waals surface area contributed by atoms with E-state index < -0.39 is 11.7 Å². The second-order valence-electron chi connectivity index (χ2n) is 4.02. The summed E-state index contributed by atoms with van der Waals surface area (Å²) in [6.45, 7) is 2.44. The van der Waals surface area contributed by atoms with Gasteiger partial charge in [0.25, 0.3) is 11.7 Å². The van der Waals surface area contributed by atoms with Gasteiger partial charge in [0.2, 0.25) is 0 Å². The Morgan fingerprint density at radius 2 is 2.00 bits per heavy atom. The molecule has 0 saturated heterocycles. The van der Waals surface area contributed by atoms with Crippen LogP contribution in [0.1, 0.15) is 17.3 Å². The zero-order chi connectivity index (χ0) is 11.7. The van der Waals surface area contributed by atoms with Crippen LogP contribution < -0.4 is 4.90 Å². The predicted octanol–water partition coefficient (Wildman–Crippen LogP) is 2.09. The third-order valence-corrected chi connectivity index (χ3v) is 3.16. The Bertz CT molecular complexity index is 444. The average molecular weight is 238 g/mol. The molecular weight excluding hydrogens is 226 g/mol. The number of carbonyl (C=O) groups is 2. The molecule has 2 rings (SSSR count). The van der Waals surface area contributed by atoms with Crippen molar-refractivity contribution in [1.82, 2.24) is 0 Å². The molecular formula is C12H12ClNO2. The van der Waals surface area contributed by atoms with Gasteiger partial charge in [-0.15, -0.1) is 11.6 Å². The number of fused-ring (bicyclic) bond motifs is 1. The van der Waals surface area contributed by atoms with Crippen LogP contribution in [-0.2, 0) is 4.79 Å². The number of alkyl halides is 1. The number of nitrogens with zero attached hydrogens (tertiary/aromatic N) is 1. The van der Waals surface area contributed by atoms with Crippen LogP contribution in [0.3, 0.4) is 0 Å². The number of anilines is 1. The van der Waals surface area contributed by atoms with Gasteiger partial charge in [-0.05, 0) is 18.1 Å². The van der Waals surface area contributed by atoms with E-state index in [1.165, 1.54) is 4.90 Å². The van der Waals surface area contributed by atoms with Gasteiger partial charge in [0.1, 0.15) is 0 Å². The Kier molecular flexibility index (Phi) is 2.97. The molecule has 4 heteroatoms. The molecule has 16 heavy (non-hydrogen) atoms. The summed E-state index contributed by atoms with van der Waals surface area (Å²) in [6.07, 6.45) is 0. The van der Waals surface area contributed by atoms with Crippen LogP contribution in [-0.4, -0.2) is 24.1 Å². The highest BCUT2D eigenvalue weighted by molar-refractivity contribution is 6.52. The first-order valence-corrected chi connectivity index (χ1v) is 5.69. The van der Waals surface area contributed by atoms with Gasteiger partial charge in [-0.2, -0.15) is 0 Å². The minimum Gasteiger partial charge on any atom is -0.304 e. The van der Waals surface area contributed by atoms with Gasteiger partial charge in [0.05, 0.1) is 11.3 Å². The molecule has 1 heterocycles. The quantitative estimate of drug-likeness (QED) is 0.596. The highest BCUT2D eigenvalue weighted by atomic mass is 35.5. The molecule has 0 N–H and O–H groups in total. The molecule has 1 aliphatic rings. The van der Waals surface area contributed by atoms with Crippen LogP contribution in [0.2, 0.25) is 0 Å². The smallest absolute Gasteiger partial charge is 0.299 e. The number of ketones is 1. The molecule has 1 aromatic carbocycles. The number of benzene rings is 1. The Labute approximate surface area is 99.0 Å². The zero-order valence-corrected chi connectivity index (χ0v) is 9.70. The molecule has 1 atom stereocenters. The summed E-state index contributed by atoms with van der Waals surface area (Å²) in [7, 11) is 0. The van der Waals surface area contributed by atoms with E-state index in [4.69, 9.17) is 11.6 Å². The highest BCUT2D eigenvalue weighted by Crippen LogP contribution is 2.29. The summed E-state index contributed by atoms with van der Waals surface area (Å²) >= 11 is 5.72.